The summed E-state index contributed by atoms with van der Waals surface area (Å²) in [6, 6.07) is 13.0. The summed E-state index contributed by atoms with van der Waals surface area (Å²) in [4.78, 5) is 16.3. The number of halogens is 1. The van der Waals surface area contributed by atoms with E-state index in [1.54, 1.807) is 18.3 Å². The van der Waals surface area contributed by atoms with Crippen molar-refractivity contribution in [3.05, 3.63) is 59.2 Å². The Morgan fingerprint density at radius 3 is 2.68 bits per heavy atom. The van der Waals surface area contributed by atoms with E-state index in [4.69, 9.17) is 11.6 Å². The van der Waals surface area contributed by atoms with Gasteiger partial charge < -0.3 is 5.32 Å². The van der Waals surface area contributed by atoms with Crippen LogP contribution in [0.25, 0.3) is 0 Å². The highest BCUT2D eigenvalue weighted by atomic mass is 35.5. The lowest BCUT2D eigenvalue weighted by Crippen LogP contribution is -2.21. The van der Waals surface area contributed by atoms with Crippen molar-refractivity contribution in [3.8, 4) is 0 Å². The lowest BCUT2D eigenvalue weighted by Gasteiger charge is -2.15. The van der Waals surface area contributed by atoms with Crippen LogP contribution in [0.2, 0.25) is 5.02 Å². The van der Waals surface area contributed by atoms with E-state index in [-0.39, 0.29) is 11.8 Å². The van der Waals surface area contributed by atoms with Crippen molar-refractivity contribution in [2.45, 2.75) is 19.3 Å². The number of nitrogens with one attached hydrogen (secondary N) is 1. The van der Waals surface area contributed by atoms with Crippen LogP contribution in [0.4, 0.5) is 5.82 Å². The van der Waals surface area contributed by atoms with Gasteiger partial charge >= 0.3 is 0 Å². The number of carbonyl (C=O) groups is 1. The normalized spacial score (nSPS) is 11.9. The van der Waals surface area contributed by atoms with E-state index < -0.39 is 0 Å². The zero-order valence-corrected chi connectivity index (χ0v) is 11.4. The molecule has 98 valence electrons. The minimum Gasteiger partial charge on any atom is -0.310 e. The summed E-state index contributed by atoms with van der Waals surface area (Å²) in [5, 5.41) is 3.35. The predicted molar refractivity (Wildman–Crippen MR) is 77.4 cm³/mol. The largest absolute Gasteiger partial charge is 0.310 e. The van der Waals surface area contributed by atoms with Crippen molar-refractivity contribution < 1.29 is 4.79 Å². The first kappa shape index (κ1) is 13.6. The van der Waals surface area contributed by atoms with Crippen LogP contribution in [0.3, 0.4) is 0 Å². The zero-order chi connectivity index (χ0) is 13.7. The molecule has 1 heterocycles. The van der Waals surface area contributed by atoms with E-state index in [0.29, 0.717) is 10.8 Å². The van der Waals surface area contributed by atoms with Crippen LogP contribution in [-0.2, 0) is 4.79 Å². The molecule has 0 saturated heterocycles. The number of rotatable bonds is 4. The third-order valence-electron chi connectivity index (χ3n) is 2.90. The molecular weight excluding hydrogens is 260 g/mol. The summed E-state index contributed by atoms with van der Waals surface area (Å²) in [6.07, 6.45) is 2.30. The molecule has 19 heavy (non-hydrogen) atoms. The second-order valence-corrected chi connectivity index (χ2v) is 4.66. The van der Waals surface area contributed by atoms with Gasteiger partial charge in [0.25, 0.3) is 0 Å². The predicted octanol–water partition coefficient (Wildman–Crippen LogP) is 3.87. The average molecular weight is 275 g/mol. The Hall–Kier alpha value is -1.87. The van der Waals surface area contributed by atoms with Gasteiger partial charge in [0.2, 0.25) is 5.91 Å². The van der Waals surface area contributed by atoms with Gasteiger partial charge in [0, 0.05) is 11.2 Å². The quantitative estimate of drug-likeness (QED) is 0.920. The van der Waals surface area contributed by atoms with Crippen molar-refractivity contribution in [3.63, 3.8) is 0 Å². The molecular formula is C15H15ClN2O. The summed E-state index contributed by atoms with van der Waals surface area (Å²) in [7, 11) is 0. The van der Waals surface area contributed by atoms with Gasteiger partial charge in [0.1, 0.15) is 5.82 Å². The van der Waals surface area contributed by atoms with E-state index in [1.807, 2.05) is 37.3 Å². The van der Waals surface area contributed by atoms with Crippen molar-refractivity contribution in [2.24, 2.45) is 0 Å². The monoisotopic (exact) mass is 274 g/mol. The molecule has 0 aliphatic heterocycles. The van der Waals surface area contributed by atoms with Crippen molar-refractivity contribution in [1.29, 1.82) is 0 Å². The maximum absolute atomic E-state index is 12.3. The Kier molecular flexibility index (Phi) is 4.53. The molecule has 0 aliphatic carbocycles. The number of benzene rings is 1. The molecule has 0 aliphatic rings. The maximum atomic E-state index is 12.3. The van der Waals surface area contributed by atoms with Gasteiger partial charge in [-0.05, 0) is 24.1 Å². The molecule has 0 radical (unpaired) electrons. The molecule has 1 aromatic carbocycles. The topological polar surface area (TPSA) is 42.0 Å². The van der Waals surface area contributed by atoms with E-state index in [1.165, 1.54) is 0 Å². The molecule has 1 amide bonds. The molecule has 1 N–H and O–H groups in total. The van der Waals surface area contributed by atoms with Gasteiger partial charge in [-0.15, -0.1) is 0 Å². The minimum absolute atomic E-state index is 0.0662. The number of nitrogens with zero attached hydrogens (tertiary/aromatic N) is 1. The average Bonchev–Trinajstić information content (AvgIpc) is 2.41. The van der Waals surface area contributed by atoms with Gasteiger partial charge in [-0.2, -0.15) is 0 Å². The third-order valence-corrected chi connectivity index (χ3v) is 3.14. The highest BCUT2D eigenvalue weighted by Crippen LogP contribution is 2.21. The summed E-state index contributed by atoms with van der Waals surface area (Å²) < 4.78 is 0. The second-order valence-electron chi connectivity index (χ2n) is 4.22. The van der Waals surface area contributed by atoms with Crippen LogP contribution in [-0.4, -0.2) is 10.9 Å². The second kappa shape index (κ2) is 6.34. The van der Waals surface area contributed by atoms with Crippen molar-refractivity contribution in [1.82, 2.24) is 4.98 Å². The standard InChI is InChI=1S/C15H15ClN2O/c1-2-13(11-6-4-3-5-7-11)15(19)18-14-10-12(16)8-9-17-14/h3-10,13H,2H2,1H3,(H,17,18,19). The van der Waals surface area contributed by atoms with Crippen LogP contribution >= 0.6 is 11.6 Å². The Morgan fingerprint density at radius 2 is 2.05 bits per heavy atom. The molecule has 1 unspecified atom stereocenters. The van der Waals surface area contributed by atoms with Crippen molar-refractivity contribution in [2.75, 3.05) is 5.32 Å². The molecule has 1 atom stereocenters. The Balaban J connectivity index is 2.14. The fourth-order valence-electron chi connectivity index (χ4n) is 1.94. The summed E-state index contributed by atoms with van der Waals surface area (Å²) in [6.45, 7) is 1.99. The first-order chi connectivity index (χ1) is 9.20. The van der Waals surface area contributed by atoms with E-state index in [2.05, 4.69) is 10.3 Å². The van der Waals surface area contributed by atoms with Crippen LogP contribution in [0.1, 0.15) is 24.8 Å². The fraction of sp³-hybridized carbons (Fsp3) is 0.200. The summed E-state index contributed by atoms with van der Waals surface area (Å²) in [5.74, 6) is 0.234. The Bertz CT molecular complexity index is 557. The fourth-order valence-corrected chi connectivity index (χ4v) is 2.10. The number of anilines is 1. The maximum Gasteiger partial charge on any atom is 0.233 e. The molecule has 0 bridgehead atoms. The third kappa shape index (κ3) is 3.55. The molecule has 2 rings (SSSR count). The van der Waals surface area contributed by atoms with Crippen LogP contribution in [0.5, 0.6) is 0 Å². The van der Waals surface area contributed by atoms with Crippen LogP contribution < -0.4 is 5.32 Å². The van der Waals surface area contributed by atoms with Gasteiger partial charge in [-0.25, -0.2) is 4.98 Å². The lowest BCUT2D eigenvalue weighted by atomic mass is 9.96. The number of amides is 1. The van der Waals surface area contributed by atoms with E-state index in [0.717, 1.165) is 12.0 Å². The van der Waals surface area contributed by atoms with Gasteiger partial charge in [0.05, 0.1) is 5.92 Å². The van der Waals surface area contributed by atoms with Gasteiger partial charge in [-0.3, -0.25) is 4.79 Å². The first-order valence-electron chi connectivity index (χ1n) is 6.18. The van der Waals surface area contributed by atoms with E-state index >= 15 is 0 Å². The first-order valence-corrected chi connectivity index (χ1v) is 6.56. The summed E-state index contributed by atoms with van der Waals surface area (Å²) in [5.41, 5.74) is 1.00. The van der Waals surface area contributed by atoms with Crippen LogP contribution in [0, 0.1) is 0 Å². The molecule has 0 saturated carbocycles. The minimum atomic E-state index is -0.179. The molecule has 1 aromatic heterocycles. The van der Waals surface area contributed by atoms with Crippen LogP contribution in [0.15, 0.2) is 48.7 Å². The SMILES string of the molecule is CCC(C(=O)Nc1cc(Cl)ccn1)c1ccccc1. The number of aromatic nitrogens is 1. The number of hydrogen-bond donors (Lipinski definition) is 1. The molecule has 0 fully saturated rings. The molecule has 4 heteroatoms. The van der Waals surface area contributed by atoms with Crippen molar-refractivity contribution >= 4 is 23.3 Å². The number of pyridine rings is 1. The molecule has 3 nitrogen and oxygen atoms in total. The molecule has 0 spiro atoms. The highest BCUT2D eigenvalue weighted by molar-refractivity contribution is 6.30. The molecule has 2 aromatic rings. The lowest BCUT2D eigenvalue weighted by molar-refractivity contribution is -0.117. The number of hydrogen-bond acceptors (Lipinski definition) is 2. The summed E-state index contributed by atoms with van der Waals surface area (Å²) >= 11 is 5.87. The Morgan fingerprint density at radius 1 is 1.32 bits per heavy atom. The Labute approximate surface area is 117 Å². The number of carbonyl (C=O) groups excluding carboxylic acids is 1. The van der Waals surface area contributed by atoms with Gasteiger partial charge in [0.15, 0.2) is 0 Å². The smallest absolute Gasteiger partial charge is 0.233 e. The van der Waals surface area contributed by atoms with E-state index in [9.17, 15) is 4.79 Å². The highest BCUT2D eigenvalue weighted by Gasteiger charge is 2.18. The van der Waals surface area contributed by atoms with Gasteiger partial charge in [-0.1, -0.05) is 48.9 Å². The zero-order valence-electron chi connectivity index (χ0n) is 10.6.